The third kappa shape index (κ3) is 2.05. The molecule has 18 heavy (non-hydrogen) atoms. The Morgan fingerprint density at radius 1 is 1.22 bits per heavy atom. The Morgan fingerprint density at radius 3 is 2.44 bits per heavy atom. The van der Waals surface area contributed by atoms with Crippen molar-refractivity contribution in [2.24, 2.45) is 0 Å². The van der Waals surface area contributed by atoms with Crippen LogP contribution in [0.15, 0.2) is 30.5 Å². The number of carbonyl (C=O) groups excluding carboxylic acids is 1. The third-order valence-corrected chi connectivity index (χ3v) is 2.61. The average molecular weight is 256 g/mol. The molecule has 0 unspecified atom stereocenters. The predicted octanol–water partition coefficient (Wildman–Crippen LogP) is 3.19. The van der Waals surface area contributed by atoms with Gasteiger partial charge in [-0.1, -0.05) is 6.07 Å². The van der Waals surface area contributed by atoms with Crippen molar-refractivity contribution in [1.29, 1.82) is 0 Å². The minimum atomic E-state index is -4.41. The standard InChI is InChI=1S/C12H11F3N2O/c1-16(2)11(18)17-6-5-8-3-4-9(7-10(8)17)12(13,14)15/h3-7H,1-2H3. The van der Waals surface area contributed by atoms with Gasteiger partial charge in [-0.25, -0.2) is 4.79 Å². The fourth-order valence-electron chi connectivity index (χ4n) is 1.69. The Kier molecular flexibility index (Phi) is 2.80. The molecule has 0 bridgehead atoms. The molecule has 1 aromatic carbocycles. The van der Waals surface area contributed by atoms with Crippen LogP contribution < -0.4 is 0 Å². The van der Waals surface area contributed by atoms with E-state index in [4.69, 9.17) is 0 Å². The van der Waals surface area contributed by atoms with Crippen molar-refractivity contribution in [3.8, 4) is 0 Å². The van der Waals surface area contributed by atoms with Gasteiger partial charge in [0.15, 0.2) is 0 Å². The van der Waals surface area contributed by atoms with Gasteiger partial charge in [0.05, 0.1) is 11.1 Å². The average Bonchev–Trinajstić information content (AvgIpc) is 2.69. The quantitative estimate of drug-likeness (QED) is 0.710. The lowest BCUT2D eigenvalue weighted by Gasteiger charge is -2.12. The fraction of sp³-hybridized carbons (Fsp3) is 0.250. The molecule has 1 heterocycles. The Morgan fingerprint density at radius 2 is 1.89 bits per heavy atom. The smallest absolute Gasteiger partial charge is 0.330 e. The van der Waals surface area contributed by atoms with E-state index in [1.165, 1.54) is 21.7 Å². The van der Waals surface area contributed by atoms with Crippen LogP contribution in [0, 0.1) is 0 Å². The van der Waals surface area contributed by atoms with Gasteiger partial charge >= 0.3 is 12.2 Å². The zero-order chi connectivity index (χ0) is 13.5. The van der Waals surface area contributed by atoms with E-state index in [2.05, 4.69) is 0 Å². The van der Waals surface area contributed by atoms with Gasteiger partial charge in [-0.05, 0) is 18.2 Å². The first-order valence-electron chi connectivity index (χ1n) is 5.20. The summed E-state index contributed by atoms with van der Waals surface area (Å²) >= 11 is 0. The molecule has 0 aliphatic rings. The molecule has 0 N–H and O–H groups in total. The van der Waals surface area contributed by atoms with Crippen LogP contribution in [0.4, 0.5) is 18.0 Å². The molecule has 1 aromatic heterocycles. The number of amides is 1. The van der Waals surface area contributed by atoms with Crippen molar-refractivity contribution in [2.45, 2.75) is 6.18 Å². The zero-order valence-corrected chi connectivity index (χ0v) is 9.82. The Balaban J connectivity index is 2.60. The normalized spacial score (nSPS) is 11.8. The molecule has 2 aromatic rings. The van der Waals surface area contributed by atoms with E-state index in [-0.39, 0.29) is 11.5 Å². The number of nitrogens with zero attached hydrogens (tertiary/aromatic N) is 2. The van der Waals surface area contributed by atoms with Gasteiger partial charge in [-0.15, -0.1) is 0 Å². The SMILES string of the molecule is CN(C)C(=O)n1ccc2ccc(C(F)(F)F)cc21. The molecule has 0 aliphatic carbocycles. The van der Waals surface area contributed by atoms with Crippen LogP contribution in [0.1, 0.15) is 5.56 Å². The molecule has 96 valence electrons. The molecular weight excluding hydrogens is 245 g/mol. The van der Waals surface area contributed by atoms with Crippen LogP contribution >= 0.6 is 0 Å². The molecule has 2 rings (SSSR count). The van der Waals surface area contributed by atoms with Crippen molar-refractivity contribution in [2.75, 3.05) is 14.1 Å². The first kappa shape index (κ1) is 12.5. The summed E-state index contributed by atoms with van der Waals surface area (Å²) in [4.78, 5) is 13.1. The number of benzene rings is 1. The first-order chi connectivity index (χ1) is 8.30. The highest BCUT2D eigenvalue weighted by molar-refractivity contribution is 5.91. The molecular formula is C12H11F3N2O. The molecule has 0 atom stereocenters. The topological polar surface area (TPSA) is 25.2 Å². The maximum absolute atomic E-state index is 12.6. The Hall–Kier alpha value is -1.98. The van der Waals surface area contributed by atoms with Crippen molar-refractivity contribution < 1.29 is 18.0 Å². The molecule has 0 saturated carbocycles. The Labute approximate surface area is 101 Å². The molecule has 0 saturated heterocycles. The number of aromatic nitrogens is 1. The largest absolute Gasteiger partial charge is 0.416 e. The number of carbonyl (C=O) groups is 1. The van der Waals surface area contributed by atoms with Gasteiger partial charge in [-0.3, -0.25) is 4.57 Å². The number of halogens is 3. The van der Waals surface area contributed by atoms with Crippen LogP contribution in [-0.4, -0.2) is 29.6 Å². The van der Waals surface area contributed by atoms with E-state index in [0.717, 1.165) is 12.1 Å². The van der Waals surface area contributed by atoms with Crippen LogP contribution in [-0.2, 0) is 6.18 Å². The second-order valence-corrected chi connectivity index (χ2v) is 4.13. The van der Waals surface area contributed by atoms with Gasteiger partial charge in [0.25, 0.3) is 0 Å². The van der Waals surface area contributed by atoms with Gasteiger partial charge < -0.3 is 4.90 Å². The Bertz CT molecular complexity index is 599. The molecule has 0 spiro atoms. The summed E-state index contributed by atoms with van der Waals surface area (Å²) in [6.45, 7) is 0. The van der Waals surface area contributed by atoms with Crippen LogP contribution in [0.3, 0.4) is 0 Å². The predicted molar refractivity (Wildman–Crippen MR) is 61.4 cm³/mol. The minimum Gasteiger partial charge on any atom is -0.330 e. The van der Waals surface area contributed by atoms with Gasteiger partial charge in [0.1, 0.15) is 0 Å². The lowest BCUT2D eigenvalue weighted by molar-refractivity contribution is -0.137. The molecule has 0 fully saturated rings. The number of alkyl halides is 3. The second-order valence-electron chi connectivity index (χ2n) is 4.13. The summed E-state index contributed by atoms with van der Waals surface area (Å²) in [7, 11) is 3.09. The highest BCUT2D eigenvalue weighted by Crippen LogP contribution is 2.31. The summed E-state index contributed by atoms with van der Waals surface area (Å²) in [6, 6.07) is 4.57. The summed E-state index contributed by atoms with van der Waals surface area (Å²) in [6.07, 6.45) is -2.95. The molecule has 0 radical (unpaired) electrons. The van der Waals surface area contributed by atoms with Crippen LogP contribution in [0.2, 0.25) is 0 Å². The lowest BCUT2D eigenvalue weighted by atomic mass is 10.1. The lowest BCUT2D eigenvalue weighted by Crippen LogP contribution is -2.26. The molecule has 0 aliphatic heterocycles. The second kappa shape index (κ2) is 4.04. The van der Waals surface area contributed by atoms with Crippen molar-refractivity contribution in [3.63, 3.8) is 0 Å². The summed E-state index contributed by atoms with van der Waals surface area (Å²) in [5.74, 6) is 0. The monoisotopic (exact) mass is 256 g/mol. The molecule has 1 amide bonds. The van der Waals surface area contributed by atoms with E-state index in [1.807, 2.05) is 0 Å². The number of rotatable bonds is 0. The third-order valence-electron chi connectivity index (χ3n) is 2.61. The number of hydrogen-bond acceptors (Lipinski definition) is 1. The van der Waals surface area contributed by atoms with Gasteiger partial charge in [0.2, 0.25) is 0 Å². The highest BCUT2D eigenvalue weighted by Gasteiger charge is 2.31. The van der Waals surface area contributed by atoms with Crippen LogP contribution in [0.25, 0.3) is 10.9 Å². The van der Waals surface area contributed by atoms with E-state index in [0.29, 0.717) is 5.39 Å². The van der Waals surface area contributed by atoms with Crippen molar-refractivity contribution in [1.82, 2.24) is 9.47 Å². The maximum Gasteiger partial charge on any atom is 0.416 e. The number of fused-ring (bicyclic) bond motifs is 1. The van der Waals surface area contributed by atoms with Crippen molar-refractivity contribution in [3.05, 3.63) is 36.0 Å². The van der Waals surface area contributed by atoms with E-state index in [9.17, 15) is 18.0 Å². The van der Waals surface area contributed by atoms with Gasteiger partial charge in [-0.2, -0.15) is 13.2 Å². The van der Waals surface area contributed by atoms with Gasteiger partial charge in [0, 0.05) is 25.7 Å². The number of hydrogen-bond donors (Lipinski definition) is 0. The highest BCUT2D eigenvalue weighted by atomic mass is 19.4. The van der Waals surface area contributed by atoms with E-state index < -0.39 is 11.7 Å². The summed E-state index contributed by atoms with van der Waals surface area (Å²) in [5, 5.41) is 0.596. The maximum atomic E-state index is 12.6. The van der Waals surface area contributed by atoms with Crippen molar-refractivity contribution >= 4 is 16.9 Å². The fourth-order valence-corrected chi connectivity index (χ4v) is 1.69. The zero-order valence-electron chi connectivity index (χ0n) is 9.82. The summed E-state index contributed by atoms with van der Waals surface area (Å²) < 4.78 is 39.0. The van der Waals surface area contributed by atoms with Crippen LogP contribution in [0.5, 0.6) is 0 Å². The minimum absolute atomic E-state index is 0.253. The molecule has 3 nitrogen and oxygen atoms in total. The van der Waals surface area contributed by atoms with E-state index >= 15 is 0 Å². The first-order valence-corrected chi connectivity index (χ1v) is 5.20. The molecule has 6 heteroatoms. The summed E-state index contributed by atoms with van der Waals surface area (Å²) in [5.41, 5.74) is -0.509. The van der Waals surface area contributed by atoms with E-state index in [1.54, 1.807) is 20.2 Å².